The summed E-state index contributed by atoms with van der Waals surface area (Å²) in [6.07, 6.45) is 5.21. The minimum Gasteiger partial charge on any atom is -0.494 e. The Hall–Kier alpha value is -16.6. The number of hydrogen-bond acceptors (Lipinski definition) is 6. The summed E-state index contributed by atoms with van der Waals surface area (Å²) in [5, 5.41) is 4.82. The van der Waals surface area contributed by atoms with Gasteiger partial charge in [0.15, 0.2) is 0 Å². The summed E-state index contributed by atoms with van der Waals surface area (Å²) in [5.74, 6) is 1.69. The van der Waals surface area contributed by atoms with Gasteiger partial charge in [0.25, 0.3) is 0 Å². The lowest BCUT2D eigenvalue weighted by molar-refractivity contribution is 0.105. The van der Waals surface area contributed by atoms with Gasteiger partial charge in [0.1, 0.15) is 11.5 Å². The van der Waals surface area contributed by atoms with Crippen LogP contribution in [0.2, 0.25) is 0 Å². The van der Waals surface area contributed by atoms with Crippen molar-refractivity contribution < 1.29 is 18.9 Å². The SMILES string of the molecule is C=Cc1ccc(OCCC2(c3ccccc3)c3ccccc3-c3ccc(N(c4ccc(-c5ccc6c(c5)c5ccccc5n6-c5ccc(COCc6ccc(COCc7ccc(-n8c9ccccc9c9cc(-c%10ccc(N(c%11cccc(C)c%11)c%11ccc%12c(c%11)C(CCOc%11ccc(C=C)cc%11)(c%11ccccc%11)c%11ccccc%11-%12)cc%10)ccc98)cc7)cc6)cc5)cc4)c4cccc(C)c4)cc32)cc1. The van der Waals surface area contributed by atoms with E-state index in [0.29, 0.717) is 39.6 Å². The molecular weight excluding hydrogens is 1680 g/mol. The van der Waals surface area contributed by atoms with E-state index in [1.807, 2.05) is 36.4 Å². The van der Waals surface area contributed by atoms with Crippen LogP contribution in [0.5, 0.6) is 11.5 Å². The summed E-state index contributed by atoms with van der Waals surface area (Å²) in [4.78, 5) is 4.82. The normalized spacial score (nSPS) is 14.0. The molecule has 8 nitrogen and oxygen atoms in total. The van der Waals surface area contributed by atoms with Crippen LogP contribution in [0.3, 0.4) is 0 Å². The van der Waals surface area contributed by atoms with Crippen LogP contribution >= 0.6 is 0 Å². The van der Waals surface area contributed by atoms with Crippen LogP contribution in [0.1, 0.15) is 90.7 Å². The first-order valence-corrected chi connectivity index (χ1v) is 47.8. The topological polar surface area (TPSA) is 53.3 Å². The lowest BCUT2D eigenvalue weighted by Crippen LogP contribution is -2.29. The van der Waals surface area contributed by atoms with Crippen LogP contribution in [0.25, 0.3) is 112 Å². The third-order valence-corrected chi connectivity index (χ3v) is 28.3. The van der Waals surface area contributed by atoms with E-state index >= 15 is 0 Å². The van der Waals surface area contributed by atoms with Gasteiger partial charge in [-0.3, -0.25) is 0 Å². The van der Waals surface area contributed by atoms with Crippen molar-refractivity contribution >= 4 is 89.9 Å². The molecule has 0 aliphatic heterocycles. The van der Waals surface area contributed by atoms with Gasteiger partial charge in [0, 0.05) is 77.9 Å². The molecule has 0 bridgehead atoms. The second-order valence-electron chi connectivity index (χ2n) is 36.6. The van der Waals surface area contributed by atoms with E-state index in [1.54, 1.807) is 0 Å². The van der Waals surface area contributed by atoms with Crippen molar-refractivity contribution in [3.8, 4) is 67.4 Å². The molecule has 0 saturated heterocycles. The number of aryl methyl sites for hydroxylation is 2. The molecule has 23 rings (SSSR count). The molecule has 2 aliphatic carbocycles. The highest BCUT2D eigenvalue weighted by atomic mass is 16.5. The van der Waals surface area contributed by atoms with E-state index in [9.17, 15) is 0 Å². The van der Waals surface area contributed by atoms with E-state index in [1.165, 1.54) is 88.3 Å². The molecule has 138 heavy (non-hydrogen) atoms. The molecular formula is C130H102N4O4. The zero-order valence-corrected chi connectivity index (χ0v) is 77.4. The summed E-state index contributed by atoms with van der Waals surface area (Å²) in [6, 6.07) is 164. The highest BCUT2D eigenvalue weighted by Gasteiger charge is 2.47. The molecule has 0 spiro atoms. The quantitative estimate of drug-likeness (QED) is 0.0447. The number of benzene rings is 19. The van der Waals surface area contributed by atoms with E-state index in [4.69, 9.17) is 18.9 Å². The van der Waals surface area contributed by atoms with Gasteiger partial charge in [-0.1, -0.05) is 316 Å². The molecule has 2 heterocycles. The lowest BCUT2D eigenvalue weighted by atomic mass is 9.70. The number of fused-ring (bicyclic) bond motifs is 12. The molecule has 0 N–H and O–H groups in total. The predicted molar refractivity (Wildman–Crippen MR) is 572 cm³/mol. The number of hydrogen-bond donors (Lipinski definition) is 0. The largest absolute Gasteiger partial charge is 0.494 e. The fourth-order valence-electron chi connectivity index (χ4n) is 21.6. The molecule has 0 radical (unpaired) electrons. The van der Waals surface area contributed by atoms with Gasteiger partial charge in [-0.25, -0.2) is 0 Å². The number of ether oxygens (including phenoxy) is 4. The zero-order valence-electron chi connectivity index (χ0n) is 77.4. The number of para-hydroxylation sites is 2. The monoisotopic (exact) mass is 1780 g/mol. The van der Waals surface area contributed by atoms with Crippen LogP contribution in [-0.2, 0) is 46.7 Å². The number of rotatable bonds is 30. The highest BCUT2D eigenvalue weighted by molar-refractivity contribution is 6.12. The number of nitrogens with zero attached hydrogens (tertiary/aromatic N) is 4. The Morgan fingerprint density at radius 1 is 0.261 bits per heavy atom. The van der Waals surface area contributed by atoms with Gasteiger partial charge >= 0.3 is 0 Å². The highest BCUT2D eigenvalue weighted by Crippen LogP contribution is 2.59. The van der Waals surface area contributed by atoms with Crippen LogP contribution in [0.4, 0.5) is 34.1 Å². The standard InChI is InChI=1S/C130H102N4O4/c1-5-91-47-67-111(68-48-91)137-77-75-129(101-25-9-7-10-26-101)121-35-17-13-31-113(121)115-71-65-109(83-123(115)129)131(107-29-21-23-89(3)79-107)103-61-51-97(52-62-103)99-55-73-127-119(81-99)117-33-15-19-37-125(117)133(127)105-57-43-95(44-58-105)87-135-85-93-39-41-94(42-40-93)86-136-88-96-45-59-106(60-46-96)134-126-38-20-16-34-118(126)120-82-100(56-74-128(120)134)98-53-63-104(64-54-98)132(108-30-22-24-90(4)80-108)110-66-72-116-114-32-14-18-36-122(114)130(124(116)84-110,102-27-11-8-12-28-102)76-78-138-112-69-49-92(6-2)50-70-112/h5-74,79-84H,1-2,75-78,85-88H2,3-4H3. The van der Waals surface area contributed by atoms with E-state index < -0.39 is 10.8 Å². The van der Waals surface area contributed by atoms with Crippen molar-refractivity contribution in [1.29, 1.82) is 0 Å². The molecule has 2 unspecified atom stereocenters. The molecule has 19 aromatic carbocycles. The smallest absolute Gasteiger partial charge is 0.119 e. The summed E-state index contributed by atoms with van der Waals surface area (Å²) >= 11 is 0. The Balaban J connectivity index is 0.435. The van der Waals surface area contributed by atoms with Crippen molar-refractivity contribution in [3.05, 3.63) is 540 Å². The second kappa shape index (κ2) is 37.0. The fourth-order valence-corrected chi connectivity index (χ4v) is 21.6. The second-order valence-corrected chi connectivity index (χ2v) is 36.6. The van der Waals surface area contributed by atoms with Gasteiger partial charge in [-0.05, 0) is 307 Å². The Labute approximate surface area is 806 Å². The van der Waals surface area contributed by atoms with E-state index in [2.05, 4.69) is 471 Å². The zero-order chi connectivity index (χ0) is 92.6. The fraction of sp³-hybridized carbons (Fsp3) is 0.0923. The van der Waals surface area contributed by atoms with E-state index in [-0.39, 0.29) is 0 Å². The maximum Gasteiger partial charge on any atom is 0.119 e. The number of aromatic nitrogens is 2. The molecule has 666 valence electrons. The molecule has 21 aromatic rings. The van der Waals surface area contributed by atoms with Crippen molar-refractivity contribution in [1.82, 2.24) is 9.13 Å². The van der Waals surface area contributed by atoms with Crippen LogP contribution in [-0.4, -0.2) is 22.3 Å². The van der Waals surface area contributed by atoms with Crippen molar-refractivity contribution in [2.75, 3.05) is 23.0 Å². The Kier molecular flexibility index (Phi) is 22.9. The molecule has 2 atom stereocenters. The lowest BCUT2D eigenvalue weighted by Gasteiger charge is -2.34. The third kappa shape index (κ3) is 16.0. The Morgan fingerprint density at radius 2 is 0.594 bits per heavy atom. The first kappa shape index (κ1) is 85.6. The minimum absolute atomic E-state index is 0.477. The van der Waals surface area contributed by atoms with Gasteiger partial charge in [0.2, 0.25) is 0 Å². The Bertz CT molecular complexity index is 7630. The van der Waals surface area contributed by atoms with Gasteiger partial charge in [-0.2, -0.15) is 0 Å². The van der Waals surface area contributed by atoms with Crippen molar-refractivity contribution in [2.45, 2.75) is 63.9 Å². The molecule has 0 saturated carbocycles. The van der Waals surface area contributed by atoms with E-state index in [0.717, 1.165) is 148 Å². The maximum atomic E-state index is 6.62. The molecule has 0 fully saturated rings. The van der Waals surface area contributed by atoms with Gasteiger partial charge in [0.05, 0.1) is 61.7 Å². The molecule has 2 aromatic heterocycles. The first-order valence-electron chi connectivity index (χ1n) is 47.8. The average molecular weight is 1780 g/mol. The molecule has 2 aliphatic rings. The minimum atomic E-state index is -0.477. The molecule has 0 amide bonds. The summed E-state index contributed by atoms with van der Waals surface area (Å²) in [5.41, 5.74) is 38.6. The van der Waals surface area contributed by atoms with Gasteiger partial charge < -0.3 is 37.9 Å². The number of anilines is 6. The molecule has 8 heteroatoms. The van der Waals surface area contributed by atoms with Crippen LogP contribution in [0, 0.1) is 13.8 Å². The van der Waals surface area contributed by atoms with Crippen molar-refractivity contribution in [3.63, 3.8) is 0 Å². The summed E-state index contributed by atoms with van der Waals surface area (Å²) in [6.45, 7) is 15.3. The summed E-state index contributed by atoms with van der Waals surface area (Å²) in [7, 11) is 0. The van der Waals surface area contributed by atoms with Gasteiger partial charge in [-0.15, -0.1) is 0 Å². The maximum absolute atomic E-state index is 6.62. The summed E-state index contributed by atoms with van der Waals surface area (Å²) < 4.78 is 30.8. The van der Waals surface area contributed by atoms with Crippen LogP contribution in [0.15, 0.2) is 462 Å². The Morgan fingerprint density at radius 3 is 0.986 bits per heavy atom. The van der Waals surface area contributed by atoms with Crippen LogP contribution < -0.4 is 19.3 Å². The third-order valence-electron chi connectivity index (χ3n) is 28.3. The van der Waals surface area contributed by atoms with Crippen molar-refractivity contribution in [2.24, 2.45) is 0 Å². The predicted octanol–water partition coefficient (Wildman–Crippen LogP) is 33.1. The average Bonchev–Trinajstić information content (AvgIpc) is 1.55. The first-order chi connectivity index (χ1) is 68.1.